The Bertz CT molecular complexity index is 608. The van der Waals surface area contributed by atoms with Crippen LogP contribution >= 0.6 is 0 Å². The Balaban J connectivity index is 2.37. The van der Waals surface area contributed by atoms with Gasteiger partial charge >= 0.3 is 12.1 Å². The van der Waals surface area contributed by atoms with E-state index in [-0.39, 0.29) is 12.0 Å². The molecule has 6 nitrogen and oxygen atoms in total. The fourth-order valence-electron chi connectivity index (χ4n) is 2.82. The number of carboxylic acid groups (broad SMARTS) is 1. The monoisotopic (exact) mass is 335 g/mol. The van der Waals surface area contributed by atoms with Crippen molar-refractivity contribution >= 4 is 12.1 Å². The molecule has 0 saturated carbocycles. The number of carbonyl (C=O) groups is 2. The summed E-state index contributed by atoms with van der Waals surface area (Å²) in [5, 5.41) is 9.43. The molecule has 24 heavy (non-hydrogen) atoms. The molecule has 0 aliphatic carbocycles. The van der Waals surface area contributed by atoms with Gasteiger partial charge in [-0.2, -0.15) is 0 Å². The molecule has 132 valence electrons. The van der Waals surface area contributed by atoms with Crippen LogP contribution < -0.4 is 4.74 Å². The lowest BCUT2D eigenvalue weighted by Crippen LogP contribution is -2.41. The van der Waals surface area contributed by atoms with E-state index >= 15 is 0 Å². The van der Waals surface area contributed by atoms with Crippen LogP contribution in [-0.2, 0) is 9.53 Å². The van der Waals surface area contributed by atoms with Crippen molar-refractivity contribution < 1.29 is 24.2 Å². The van der Waals surface area contributed by atoms with Crippen LogP contribution in [0.25, 0.3) is 0 Å². The summed E-state index contributed by atoms with van der Waals surface area (Å²) >= 11 is 0. The minimum atomic E-state index is -0.989. The number of esters is 1. The highest BCUT2D eigenvalue weighted by molar-refractivity contribution is 5.76. The van der Waals surface area contributed by atoms with Crippen LogP contribution in [0.3, 0.4) is 0 Å². The number of amides is 1. The Morgan fingerprint density at radius 2 is 2.04 bits per heavy atom. The van der Waals surface area contributed by atoms with E-state index in [2.05, 4.69) is 0 Å². The van der Waals surface area contributed by atoms with E-state index < -0.39 is 17.6 Å². The molecular weight excluding hydrogens is 310 g/mol. The van der Waals surface area contributed by atoms with Crippen LogP contribution in [-0.4, -0.2) is 41.8 Å². The Labute approximate surface area is 142 Å². The average Bonchev–Trinajstić information content (AvgIpc) is 3.01. The molecule has 1 unspecified atom stereocenters. The van der Waals surface area contributed by atoms with Crippen molar-refractivity contribution in [2.24, 2.45) is 5.41 Å². The van der Waals surface area contributed by atoms with E-state index in [1.165, 1.54) is 4.90 Å². The number of ether oxygens (including phenoxy) is 2. The molecule has 6 heteroatoms. The molecule has 1 fully saturated rings. The number of rotatable bonds is 4. The van der Waals surface area contributed by atoms with Gasteiger partial charge in [-0.3, -0.25) is 4.79 Å². The lowest BCUT2D eigenvalue weighted by atomic mass is 9.95. The van der Waals surface area contributed by atoms with Crippen molar-refractivity contribution in [1.82, 2.24) is 4.90 Å². The van der Waals surface area contributed by atoms with E-state index in [0.717, 1.165) is 12.0 Å². The molecule has 1 aromatic carbocycles. The summed E-state index contributed by atoms with van der Waals surface area (Å²) in [6.07, 6.45) is -0.224. The molecule has 0 bridgehead atoms. The number of likely N-dealkylation sites (tertiary alicyclic amines) is 1. The molecule has 2 rings (SSSR count). The number of carbonyl (C=O) groups excluding carboxylic acids is 1. The molecule has 1 N–H and O–H groups in total. The smallest absolute Gasteiger partial charge is 0.407 e. The quantitative estimate of drug-likeness (QED) is 0.853. The van der Waals surface area contributed by atoms with Gasteiger partial charge in [0.05, 0.1) is 18.6 Å². The molecule has 1 aromatic rings. The summed E-state index contributed by atoms with van der Waals surface area (Å²) in [6.45, 7) is 5.79. The highest BCUT2D eigenvalue weighted by Crippen LogP contribution is 2.35. The number of hydrogen-bond donors (Lipinski definition) is 1. The number of benzene rings is 1. The van der Waals surface area contributed by atoms with Crippen LogP contribution in [0.5, 0.6) is 5.75 Å². The number of methoxy groups -OCH3 is 1. The average molecular weight is 335 g/mol. The van der Waals surface area contributed by atoms with Gasteiger partial charge in [0.25, 0.3) is 0 Å². The third-order valence-electron chi connectivity index (χ3n) is 4.16. The first-order chi connectivity index (χ1) is 11.2. The van der Waals surface area contributed by atoms with Gasteiger partial charge in [-0.15, -0.1) is 0 Å². The predicted octanol–water partition coefficient (Wildman–Crippen LogP) is 3.47. The highest BCUT2D eigenvalue weighted by atomic mass is 16.5. The summed E-state index contributed by atoms with van der Waals surface area (Å²) in [7, 11) is 1.56. The van der Waals surface area contributed by atoms with E-state index in [9.17, 15) is 14.7 Å². The maximum Gasteiger partial charge on any atom is 0.407 e. The van der Waals surface area contributed by atoms with E-state index in [1.807, 2.05) is 12.1 Å². The van der Waals surface area contributed by atoms with E-state index in [1.54, 1.807) is 40.0 Å². The molecule has 1 heterocycles. The lowest BCUT2D eigenvalue weighted by molar-refractivity contribution is -0.162. The zero-order chi connectivity index (χ0) is 17.9. The van der Waals surface area contributed by atoms with Crippen molar-refractivity contribution in [1.29, 1.82) is 0 Å². The van der Waals surface area contributed by atoms with Gasteiger partial charge in [0.1, 0.15) is 11.9 Å². The topological polar surface area (TPSA) is 76.1 Å². The van der Waals surface area contributed by atoms with Crippen molar-refractivity contribution in [3.63, 3.8) is 0 Å². The third kappa shape index (κ3) is 3.99. The zero-order valence-corrected chi connectivity index (χ0v) is 14.6. The van der Waals surface area contributed by atoms with Crippen LogP contribution in [0.2, 0.25) is 0 Å². The van der Waals surface area contributed by atoms with Gasteiger partial charge in [0.2, 0.25) is 0 Å². The van der Waals surface area contributed by atoms with Crippen molar-refractivity contribution in [2.75, 3.05) is 13.7 Å². The van der Waals surface area contributed by atoms with E-state index in [4.69, 9.17) is 9.47 Å². The number of nitrogens with zero attached hydrogens (tertiary/aromatic N) is 1. The Morgan fingerprint density at radius 3 is 2.62 bits per heavy atom. The van der Waals surface area contributed by atoms with Crippen molar-refractivity contribution in [3.05, 3.63) is 29.8 Å². The fourth-order valence-corrected chi connectivity index (χ4v) is 2.82. The largest absolute Gasteiger partial charge is 0.497 e. The summed E-state index contributed by atoms with van der Waals surface area (Å²) in [4.78, 5) is 25.3. The normalized spacial score (nSPS) is 19.0. The maximum absolute atomic E-state index is 12.4. The minimum absolute atomic E-state index is 0.354. The van der Waals surface area contributed by atoms with E-state index in [0.29, 0.717) is 18.7 Å². The van der Waals surface area contributed by atoms with Crippen LogP contribution in [0.1, 0.15) is 45.3 Å². The molecule has 1 aliphatic heterocycles. The van der Waals surface area contributed by atoms with Gasteiger partial charge in [0, 0.05) is 6.54 Å². The summed E-state index contributed by atoms with van der Waals surface area (Å²) in [6, 6.07) is 6.85. The molecule has 1 aliphatic rings. The predicted molar refractivity (Wildman–Crippen MR) is 89.0 cm³/mol. The second kappa shape index (κ2) is 7.11. The summed E-state index contributed by atoms with van der Waals surface area (Å²) < 4.78 is 11.0. The number of hydrogen-bond acceptors (Lipinski definition) is 4. The van der Waals surface area contributed by atoms with Gasteiger partial charge in [0.15, 0.2) is 0 Å². The molecule has 0 radical (unpaired) electrons. The minimum Gasteiger partial charge on any atom is -0.497 e. The van der Waals surface area contributed by atoms with Crippen LogP contribution in [0.4, 0.5) is 4.79 Å². The second-order valence-electron chi connectivity index (χ2n) is 7.04. The summed E-state index contributed by atoms with van der Waals surface area (Å²) in [5.41, 5.74) is 0.0779. The van der Waals surface area contributed by atoms with Crippen LogP contribution in [0, 0.1) is 5.41 Å². The van der Waals surface area contributed by atoms with Crippen molar-refractivity contribution in [2.45, 2.75) is 45.8 Å². The highest BCUT2D eigenvalue weighted by Gasteiger charge is 2.39. The summed E-state index contributed by atoms with van der Waals surface area (Å²) in [5.74, 6) is 0.289. The molecule has 0 spiro atoms. The Kier molecular flexibility index (Phi) is 5.36. The van der Waals surface area contributed by atoms with Crippen LogP contribution in [0.15, 0.2) is 24.3 Å². The molecular formula is C18H25NO5. The molecule has 0 aromatic heterocycles. The molecule has 1 amide bonds. The third-order valence-corrected chi connectivity index (χ3v) is 4.16. The molecule has 2 atom stereocenters. The Hall–Kier alpha value is -2.24. The fraction of sp³-hybridized carbons (Fsp3) is 0.556. The van der Waals surface area contributed by atoms with Gasteiger partial charge in [-0.1, -0.05) is 12.1 Å². The van der Waals surface area contributed by atoms with Gasteiger partial charge in [-0.25, -0.2) is 4.79 Å². The molecule has 1 saturated heterocycles. The second-order valence-corrected chi connectivity index (χ2v) is 7.04. The SMILES string of the molecule is COc1cccc(C(OC(=O)C(C)(C)C)[C@@H]2CCCN2C(=O)O)c1. The first-order valence-electron chi connectivity index (χ1n) is 8.08. The van der Waals surface area contributed by atoms with Gasteiger partial charge < -0.3 is 19.5 Å². The first-order valence-corrected chi connectivity index (χ1v) is 8.08. The van der Waals surface area contributed by atoms with Gasteiger partial charge in [-0.05, 0) is 51.3 Å². The maximum atomic E-state index is 12.4. The zero-order valence-electron chi connectivity index (χ0n) is 14.6. The van der Waals surface area contributed by atoms with Crippen molar-refractivity contribution in [3.8, 4) is 5.75 Å². The Morgan fingerprint density at radius 1 is 1.33 bits per heavy atom. The standard InChI is InChI=1S/C18H25NO5/c1-18(2,3)16(20)24-15(12-7-5-8-13(11-12)23-4)14-9-6-10-19(14)17(21)22/h5,7-8,11,14-15H,6,9-10H2,1-4H3,(H,21,22)/t14-,15?/m0/s1. The first kappa shape index (κ1) is 18.1. The lowest BCUT2D eigenvalue weighted by Gasteiger charge is -2.32.